The molecule has 3 rings (SSSR count). The number of allylic oxidation sites excluding steroid dienone is 2. The second-order valence-corrected chi connectivity index (χ2v) is 10.9. The first-order valence-electron chi connectivity index (χ1n) is 10.6. The van der Waals surface area contributed by atoms with Gasteiger partial charge in [-0.25, -0.2) is 0 Å². The predicted octanol–water partition coefficient (Wildman–Crippen LogP) is 9.00. The van der Waals surface area contributed by atoms with Crippen molar-refractivity contribution in [2.45, 2.75) is 64.5 Å². The number of anilines is 1. The zero-order valence-electron chi connectivity index (χ0n) is 18.6. The summed E-state index contributed by atoms with van der Waals surface area (Å²) in [5.74, 6) is 0.875. The van der Waals surface area contributed by atoms with Gasteiger partial charge < -0.3 is 5.11 Å². The minimum Gasteiger partial charge on any atom is -0.511 e. The molecule has 0 radical (unpaired) electrons. The smallest absolute Gasteiger partial charge is 0.101 e. The first-order chi connectivity index (χ1) is 14.2. The maximum absolute atomic E-state index is 10.2. The van der Waals surface area contributed by atoms with E-state index in [4.69, 9.17) is 0 Å². The van der Waals surface area contributed by atoms with Gasteiger partial charge in [-0.3, -0.25) is 4.90 Å². The molecule has 2 nitrogen and oxygen atoms in total. The molecule has 0 bridgehead atoms. The zero-order valence-corrected chi connectivity index (χ0v) is 21.0. The molecule has 30 heavy (non-hydrogen) atoms. The van der Waals surface area contributed by atoms with Crippen molar-refractivity contribution >= 4 is 44.2 Å². The fourth-order valence-electron chi connectivity index (χ4n) is 3.48. The van der Waals surface area contributed by atoms with Gasteiger partial charge in [0, 0.05) is 5.39 Å². The molecule has 0 aromatic heterocycles. The van der Waals surface area contributed by atoms with Crippen molar-refractivity contribution in [2.75, 3.05) is 4.90 Å². The summed E-state index contributed by atoms with van der Waals surface area (Å²) >= 11 is 5.47. The molecular weight excluding hydrogens is 454 g/mol. The Morgan fingerprint density at radius 2 is 1.87 bits per heavy atom. The van der Waals surface area contributed by atoms with Crippen LogP contribution < -0.4 is 4.90 Å². The third kappa shape index (κ3) is 4.65. The summed E-state index contributed by atoms with van der Waals surface area (Å²) in [5.41, 5.74) is 3.87. The summed E-state index contributed by atoms with van der Waals surface area (Å²) in [6.45, 7) is 14.2. The van der Waals surface area contributed by atoms with Crippen LogP contribution >= 0.6 is 27.7 Å². The van der Waals surface area contributed by atoms with Crippen LogP contribution in [-0.4, -0.2) is 9.85 Å². The van der Waals surface area contributed by atoms with Crippen molar-refractivity contribution in [3.05, 3.63) is 75.6 Å². The fraction of sp³-hybridized carbons (Fsp3) is 0.385. The average molecular weight is 487 g/mol. The molecule has 1 saturated carbocycles. The Morgan fingerprint density at radius 1 is 1.23 bits per heavy atom. The van der Waals surface area contributed by atoms with Gasteiger partial charge in [0.15, 0.2) is 0 Å². The first kappa shape index (κ1) is 23.0. The van der Waals surface area contributed by atoms with Gasteiger partial charge in [0.1, 0.15) is 5.76 Å². The van der Waals surface area contributed by atoms with E-state index in [0.29, 0.717) is 5.92 Å². The highest BCUT2D eigenvalue weighted by atomic mass is 79.9. The SMILES string of the molecule is C=C(O)C(C)(C)S/C(=C(\C)CC)N(/C(Br)=C\C)c1ccc(C2CC2)c2ccccc12. The van der Waals surface area contributed by atoms with Crippen molar-refractivity contribution in [3.8, 4) is 0 Å². The van der Waals surface area contributed by atoms with E-state index in [1.165, 1.54) is 34.8 Å². The van der Waals surface area contributed by atoms with E-state index in [-0.39, 0.29) is 5.76 Å². The van der Waals surface area contributed by atoms with Gasteiger partial charge in [0.25, 0.3) is 0 Å². The summed E-state index contributed by atoms with van der Waals surface area (Å²) in [7, 11) is 0. The van der Waals surface area contributed by atoms with Gasteiger partial charge in [0.2, 0.25) is 0 Å². The van der Waals surface area contributed by atoms with Crippen LogP contribution in [0.15, 0.2) is 70.0 Å². The molecule has 0 atom stereocenters. The van der Waals surface area contributed by atoms with Crippen LogP contribution in [0.4, 0.5) is 5.69 Å². The van der Waals surface area contributed by atoms with Crippen LogP contribution in [0.5, 0.6) is 0 Å². The number of aliphatic hydroxyl groups is 1. The summed E-state index contributed by atoms with van der Waals surface area (Å²) < 4.78 is 0.482. The van der Waals surface area contributed by atoms with Crippen molar-refractivity contribution < 1.29 is 5.11 Å². The highest BCUT2D eigenvalue weighted by Gasteiger charge is 2.31. The molecule has 0 amide bonds. The standard InChI is InChI=1S/C26H32BrNOS/c1-7-17(3)25(30-26(5,6)18(4)29)28(24(27)8-2)23-16-15-20(19-13-14-19)21-11-9-10-12-22(21)23/h8-12,15-16,19,29H,4,7,13-14H2,1-3,5-6H3/b24-8-,25-17+. The lowest BCUT2D eigenvalue weighted by Crippen LogP contribution is -2.25. The van der Waals surface area contributed by atoms with Gasteiger partial charge >= 0.3 is 0 Å². The van der Waals surface area contributed by atoms with E-state index in [2.05, 4.69) is 83.7 Å². The Bertz CT molecular complexity index is 1020. The van der Waals surface area contributed by atoms with Crippen molar-refractivity contribution in [2.24, 2.45) is 0 Å². The maximum Gasteiger partial charge on any atom is 0.101 e. The van der Waals surface area contributed by atoms with E-state index < -0.39 is 4.75 Å². The lowest BCUT2D eigenvalue weighted by molar-refractivity contribution is 0.370. The number of thioether (sulfide) groups is 1. The number of benzene rings is 2. The van der Waals surface area contributed by atoms with E-state index in [1.54, 1.807) is 11.8 Å². The quantitative estimate of drug-likeness (QED) is 0.297. The zero-order chi connectivity index (χ0) is 22.1. The second-order valence-electron chi connectivity index (χ2n) is 8.44. The number of halogens is 1. The molecule has 4 heteroatoms. The number of rotatable bonds is 8. The number of hydrogen-bond donors (Lipinski definition) is 1. The van der Waals surface area contributed by atoms with Gasteiger partial charge in [0.05, 0.1) is 20.1 Å². The van der Waals surface area contributed by atoms with E-state index >= 15 is 0 Å². The minimum absolute atomic E-state index is 0.180. The highest BCUT2D eigenvalue weighted by molar-refractivity contribution is 9.11. The Labute approximate surface area is 193 Å². The third-order valence-corrected chi connectivity index (χ3v) is 8.07. The monoisotopic (exact) mass is 485 g/mol. The van der Waals surface area contributed by atoms with E-state index in [9.17, 15) is 5.11 Å². The van der Waals surface area contributed by atoms with Crippen molar-refractivity contribution in [1.82, 2.24) is 0 Å². The average Bonchev–Trinajstić information content (AvgIpc) is 3.57. The van der Waals surface area contributed by atoms with Crippen LogP contribution in [0.25, 0.3) is 10.8 Å². The summed E-state index contributed by atoms with van der Waals surface area (Å²) in [5, 5.41) is 13.9. The fourth-order valence-corrected chi connectivity index (χ4v) is 5.17. The normalized spacial score (nSPS) is 15.9. The molecule has 1 N–H and O–H groups in total. The Balaban J connectivity index is 2.24. The summed E-state index contributed by atoms with van der Waals surface area (Å²) in [6.07, 6.45) is 5.57. The summed E-state index contributed by atoms with van der Waals surface area (Å²) in [4.78, 5) is 2.28. The van der Waals surface area contributed by atoms with Crippen molar-refractivity contribution in [1.29, 1.82) is 0 Å². The van der Waals surface area contributed by atoms with Crippen LogP contribution in [0.3, 0.4) is 0 Å². The molecule has 0 saturated heterocycles. The van der Waals surface area contributed by atoms with E-state index in [0.717, 1.165) is 21.7 Å². The van der Waals surface area contributed by atoms with Crippen LogP contribution in [-0.2, 0) is 0 Å². The van der Waals surface area contributed by atoms with E-state index in [1.807, 2.05) is 20.8 Å². The number of aliphatic hydroxyl groups excluding tert-OH is 1. The second kappa shape index (κ2) is 9.23. The Kier molecular flexibility index (Phi) is 7.09. The predicted molar refractivity (Wildman–Crippen MR) is 138 cm³/mol. The molecule has 2 aromatic rings. The molecule has 1 aliphatic rings. The molecule has 1 aliphatic carbocycles. The van der Waals surface area contributed by atoms with Gasteiger partial charge in [-0.15, -0.1) is 0 Å². The number of hydrogen-bond acceptors (Lipinski definition) is 3. The highest BCUT2D eigenvalue weighted by Crippen LogP contribution is 2.48. The molecule has 2 aromatic carbocycles. The molecule has 1 fully saturated rings. The Hall–Kier alpha value is -1.65. The van der Waals surface area contributed by atoms with Crippen LogP contribution in [0.1, 0.15) is 65.4 Å². The molecule has 0 aliphatic heterocycles. The number of fused-ring (bicyclic) bond motifs is 1. The molecule has 160 valence electrons. The largest absolute Gasteiger partial charge is 0.511 e. The van der Waals surface area contributed by atoms with Crippen molar-refractivity contribution in [3.63, 3.8) is 0 Å². The van der Waals surface area contributed by atoms with Crippen LogP contribution in [0.2, 0.25) is 0 Å². The molecule has 0 heterocycles. The topological polar surface area (TPSA) is 23.5 Å². The van der Waals surface area contributed by atoms with Gasteiger partial charge in [-0.2, -0.15) is 0 Å². The lowest BCUT2D eigenvalue weighted by Gasteiger charge is -2.34. The lowest BCUT2D eigenvalue weighted by atomic mass is 9.99. The van der Waals surface area contributed by atoms with Crippen LogP contribution in [0, 0.1) is 0 Å². The molecule has 0 spiro atoms. The summed E-state index contributed by atoms with van der Waals surface area (Å²) in [6, 6.07) is 13.3. The third-order valence-electron chi connectivity index (χ3n) is 5.79. The first-order valence-corrected chi connectivity index (χ1v) is 12.2. The molecule has 0 unspecified atom stereocenters. The van der Waals surface area contributed by atoms with Gasteiger partial charge in [-0.1, -0.05) is 61.7 Å². The molecular formula is C26H32BrNOS. The van der Waals surface area contributed by atoms with Gasteiger partial charge in [-0.05, 0) is 91.4 Å². The minimum atomic E-state index is -0.505. The number of nitrogens with zero attached hydrogens (tertiary/aromatic N) is 1. The Morgan fingerprint density at radius 3 is 2.40 bits per heavy atom. The maximum atomic E-state index is 10.2.